The zero-order chi connectivity index (χ0) is 48.9. The Labute approximate surface area is 423 Å². The van der Waals surface area contributed by atoms with Crippen LogP contribution in [0.15, 0.2) is 224 Å². The van der Waals surface area contributed by atoms with Crippen LogP contribution in [0.2, 0.25) is 0 Å². The van der Waals surface area contributed by atoms with Crippen molar-refractivity contribution in [3.8, 4) is 62.1 Å². The number of aryl methyl sites for hydroxylation is 4. The fourth-order valence-corrected chi connectivity index (χ4v) is 11.8. The van der Waals surface area contributed by atoms with Gasteiger partial charge in [0.1, 0.15) is 0 Å². The molecule has 0 unspecified atom stereocenters. The van der Waals surface area contributed by atoms with E-state index in [4.69, 9.17) is 9.97 Å². The monoisotopic (exact) mass is 935 g/mol. The molecule has 0 radical (unpaired) electrons. The van der Waals surface area contributed by atoms with Gasteiger partial charge in [0.2, 0.25) is 0 Å². The number of hydrogen-bond donors (Lipinski definition) is 0. The molecule has 346 valence electrons. The highest BCUT2D eigenvalue weighted by Gasteiger charge is 2.21. The lowest BCUT2D eigenvalue weighted by Gasteiger charge is -2.16. The van der Waals surface area contributed by atoms with Crippen molar-refractivity contribution in [1.29, 1.82) is 0 Å². The first kappa shape index (κ1) is 42.5. The highest BCUT2D eigenvalue weighted by molar-refractivity contribution is 6.14. The SMILES string of the molecule is Cc1ccccc1-c1cc(-c2cc(C)c(-c3ccc(-n4c5ccc(-n6c7ccccc7c7ccccc76)cc5c5cc(-n6c7ccccc7c7ccccc76)ccc54)cc3)c(C)c2)nc(-c2ccccc2C)n1. The van der Waals surface area contributed by atoms with Crippen molar-refractivity contribution in [1.82, 2.24) is 23.7 Å². The van der Waals surface area contributed by atoms with Crippen molar-refractivity contribution >= 4 is 65.4 Å². The van der Waals surface area contributed by atoms with E-state index in [9.17, 15) is 0 Å². The van der Waals surface area contributed by atoms with Gasteiger partial charge in [0, 0.05) is 66.1 Å². The molecule has 0 fully saturated rings. The van der Waals surface area contributed by atoms with Crippen molar-refractivity contribution in [2.24, 2.45) is 0 Å². The molecule has 0 atom stereocenters. The molecule has 0 saturated heterocycles. The number of aromatic nitrogens is 5. The highest BCUT2D eigenvalue weighted by atomic mass is 15.0. The van der Waals surface area contributed by atoms with Crippen LogP contribution in [-0.4, -0.2) is 23.7 Å². The largest absolute Gasteiger partial charge is 0.309 e. The zero-order valence-electron chi connectivity index (χ0n) is 41.1. The van der Waals surface area contributed by atoms with Crippen molar-refractivity contribution in [2.75, 3.05) is 0 Å². The first-order valence-corrected chi connectivity index (χ1v) is 25.2. The molecule has 0 aliphatic carbocycles. The van der Waals surface area contributed by atoms with Crippen LogP contribution in [0.1, 0.15) is 22.3 Å². The highest BCUT2D eigenvalue weighted by Crippen LogP contribution is 2.41. The zero-order valence-corrected chi connectivity index (χ0v) is 41.1. The summed E-state index contributed by atoms with van der Waals surface area (Å²) in [4.78, 5) is 10.4. The lowest BCUT2D eigenvalue weighted by atomic mass is 9.92. The average Bonchev–Trinajstić information content (AvgIpc) is 4.07. The first-order valence-electron chi connectivity index (χ1n) is 25.2. The van der Waals surface area contributed by atoms with Crippen LogP contribution >= 0.6 is 0 Å². The molecule has 0 bridgehead atoms. The van der Waals surface area contributed by atoms with Gasteiger partial charge in [-0.2, -0.15) is 0 Å². The van der Waals surface area contributed by atoms with Crippen molar-refractivity contribution in [2.45, 2.75) is 27.7 Å². The Kier molecular flexibility index (Phi) is 9.70. The Bertz CT molecular complexity index is 4180. The number of benzene rings is 10. The van der Waals surface area contributed by atoms with Crippen LogP contribution in [0, 0.1) is 27.7 Å². The number of nitrogens with zero attached hydrogens (tertiary/aromatic N) is 5. The third kappa shape index (κ3) is 6.77. The van der Waals surface area contributed by atoms with Gasteiger partial charge >= 0.3 is 0 Å². The van der Waals surface area contributed by atoms with Crippen LogP contribution < -0.4 is 0 Å². The minimum atomic E-state index is 0.736. The Morgan fingerprint density at radius 2 is 0.658 bits per heavy atom. The standard InChI is InChI=1S/C68H49N5/c1-42-17-5-7-19-51(42)60-41-59(69-68(70-60)52-20-8-6-18-43(52)2)47-37-44(3)67(45(4)38-47)46-29-31-48(32-30-46)71-65-35-33-49(72-61-25-13-9-21-53(61)54-22-10-14-26-62(54)72)39-57(65)58-40-50(34-36-66(58)71)73-63-27-15-11-23-55(63)56-24-12-16-28-64(56)73/h5-41H,1-4H3. The lowest BCUT2D eigenvalue weighted by molar-refractivity contribution is 1.16. The lowest BCUT2D eigenvalue weighted by Crippen LogP contribution is -1.99. The van der Waals surface area contributed by atoms with E-state index in [0.29, 0.717) is 0 Å². The Morgan fingerprint density at radius 1 is 0.274 bits per heavy atom. The van der Waals surface area contributed by atoms with E-state index in [0.717, 1.165) is 67.6 Å². The number of rotatable bonds is 7. The molecule has 14 rings (SSSR count). The van der Waals surface area contributed by atoms with Crippen molar-refractivity contribution < 1.29 is 0 Å². The van der Waals surface area contributed by atoms with Gasteiger partial charge in [0.05, 0.1) is 44.5 Å². The molecule has 4 heterocycles. The van der Waals surface area contributed by atoms with Crippen LogP contribution in [0.4, 0.5) is 0 Å². The molecule has 14 aromatic rings. The van der Waals surface area contributed by atoms with E-state index >= 15 is 0 Å². The minimum absolute atomic E-state index is 0.736. The summed E-state index contributed by atoms with van der Waals surface area (Å²) in [6.07, 6.45) is 0. The molecule has 0 saturated carbocycles. The quantitative estimate of drug-likeness (QED) is 0.160. The van der Waals surface area contributed by atoms with Gasteiger partial charge in [-0.1, -0.05) is 133 Å². The average molecular weight is 936 g/mol. The summed E-state index contributed by atoms with van der Waals surface area (Å²) in [5.41, 5.74) is 22.7. The molecule has 5 heteroatoms. The van der Waals surface area contributed by atoms with Crippen LogP contribution in [0.5, 0.6) is 0 Å². The van der Waals surface area contributed by atoms with E-state index in [2.05, 4.69) is 266 Å². The third-order valence-electron chi connectivity index (χ3n) is 15.2. The van der Waals surface area contributed by atoms with Gasteiger partial charge in [-0.3, -0.25) is 0 Å². The normalized spacial score (nSPS) is 11.8. The van der Waals surface area contributed by atoms with E-state index in [1.807, 2.05) is 0 Å². The maximum Gasteiger partial charge on any atom is 0.160 e. The van der Waals surface area contributed by atoms with Gasteiger partial charge in [-0.05, 0) is 152 Å². The summed E-state index contributed by atoms with van der Waals surface area (Å²) in [7, 11) is 0. The van der Waals surface area contributed by atoms with Gasteiger partial charge in [0.25, 0.3) is 0 Å². The Morgan fingerprint density at radius 3 is 1.14 bits per heavy atom. The fourth-order valence-electron chi connectivity index (χ4n) is 11.8. The van der Waals surface area contributed by atoms with E-state index in [1.54, 1.807) is 0 Å². The third-order valence-corrected chi connectivity index (χ3v) is 15.2. The van der Waals surface area contributed by atoms with Gasteiger partial charge in [-0.25, -0.2) is 9.97 Å². The van der Waals surface area contributed by atoms with Crippen LogP contribution in [-0.2, 0) is 0 Å². The molecule has 0 aliphatic heterocycles. The van der Waals surface area contributed by atoms with E-state index < -0.39 is 0 Å². The number of fused-ring (bicyclic) bond motifs is 9. The molecule has 73 heavy (non-hydrogen) atoms. The molecule has 5 nitrogen and oxygen atoms in total. The summed E-state index contributed by atoms with van der Waals surface area (Å²) >= 11 is 0. The molecule has 0 spiro atoms. The Hall–Kier alpha value is -9.32. The maximum atomic E-state index is 5.24. The fraction of sp³-hybridized carbons (Fsp3) is 0.0588. The predicted octanol–water partition coefficient (Wildman–Crippen LogP) is 17.7. The maximum absolute atomic E-state index is 5.24. The molecule has 4 aromatic heterocycles. The van der Waals surface area contributed by atoms with Gasteiger partial charge in [-0.15, -0.1) is 0 Å². The summed E-state index contributed by atoms with van der Waals surface area (Å²) in [6.45, 7) is 8.72. The van der Waals surface area contributed by atoms with Crippen LogP contribution in [0.3, 0.4) is 0 Å². The Balaban J connectivity index is 0.909. The minimum Gasteiger partial charge on any atom is -0.309 e. The number of para-hydroxylation sites is 4. The topological polar surface area (TPSA) is 40.6 Å². The molecule has 10 aromatic carbocycles. The van der Waals surface area contributed by atoms with Crippen LogP contribution in [0.25, 0.3) is 128 Å². The molecular weight excluding hydrogens is 887 g/mol. The first-order chi connectivity index (χ1) is 35.9. The number of hydrogen-bond acceptors (Lipinski definition) is 2. The second kappa shape index (κ2) is 16.6. The predicted molar refractivity (Wildman–Crippen MR) is 306 cm³/mol. The second-order valence-electron chi connectivity index (χ2n) is 19.6. The van der Waals surface area contributed by atoms with Gasteiger partial charge in [0.15, 0.2) is 5.82 Å². The molecule has 0 N–H and O–H groups in total. The van der Waals surface area contributed by atoms with E-state index in [1.165, 1.54) is 82.2 Å². The summed E-state index contributed by atoms with van der Waals surface area (Å²) in [5.74, 6) is 0.736. The summed E-state index contributed by atoms with van der Waals surface area (Å²) in [6, 6.07) is 81.8. The van der Waals surface area contributed by atoms with E-state index in [-0.39, 0.29) is 0 Å². The summed E-state index contributed by atoms with van der Waals surface area (Å²) < 4.78 is 7.29. The van der Waals surface area contributed by atoms with Crippen molar-refractivity contribution in [3.63, 3.8) is 0 Å². The van der Waals surface area contributed by atoms with Crippen molar-refractivity contribution in [3.05, 3.63) is 247 Å². The molecule has 0 aliphatic rings. The van der Waals surface area contributed by atoms with Gasteiger partial charge < -0.3 is 13.7 Å². The second-order valence-corrected chi connectivity index (χ2v) is 19.6. The molecular formula is C68H49N5. The smallest absolute Gasteiger partial charge is 0.160 e. The summed E-state index contributed by atoms with van der Waals surface area (Å²) in [5, 5.41) is 7.41. The molecule has 0 amide bonds.